The van der Waals surface area contributed by atoms with Gasteiger partial charge in [0.2, 0.25) is 0 Å². The SMILES string of the molecule is COc1ccc(Br)c(C(=O)O[C@@H](C)C(=O)Nc2ccccc2C#N)c1. The quantitative estimate of drug-likeness (QED) is 0.772. The van der Waals surface area contributed by atoms with Crippen LogP contribution >= 0.6 is 15.9 Å². The van der Waals surface area contributed by atoms with Gasteiger partial charge in [0.05, 0.1) is 23.9 Å². The van der Waals surface area contributed by atoms with Crippen LogP contribution in [0.5, 0.6) is 5.75 Å². The minimum Gasteiger partial charge on any atom is -0.497 e. The van der Waals surface area contributed by atoms with Crippen LogP contribution in [0.2, 0.25) is 0 Å². The molecule has 2 rings (SSSR count). The van der Waals surface area contributed by atoms with Crippen molar-refractivity contribution >= 4 is 33.5 Å². The van der Waals surface area contributed by atoms with Gasteiger partial charge in [-0.05, 0) is 53.2 Å². The second-order valence-corrected chi connectivity index (χ2v) is 5.89. The van der Waals surface area contributed by atoms with Crippen molar-refractivity contribution in [3.63, 3.8) is 0 Å². The Kier molecular flexibility index (Phi) is 6.14. The van der Waals surface area contributed by atoms with Crippen LogP contribution in [0, 0.1) is 11.3 Å². The van der Waals surface area contributed by atoms with E-state index >= 15 is 0 Å². The van der Waals surface area contributed by atoms with Gasteiger partial charge in [0.15, 0.2) is 6.10 Å². The third kappa shape index (κ3) is 4.58. The molecular weight excluding hydrogens is 388 g/mol. The van der Waals surface area contributed by atoms with Crippen LogP contribution in [-0.4, -0.2) is 25.1 Å². The number of halogens is 1. The van der Waals surface area contributed by atoms with Gasteiger partial charge in [-0.1, -0.05) is 12.1 Å². The molecule has 128 valence electrons. The molecule has 0 heterocycles. The number of para-hydroxylation sites is 1. The molecule has 0 aliphatic heterocycles. The summed E-state index contributed by atoms with van der Waals surface area (Å²) in [6, 6.07) is 13.4. The first-order valence-corrected chi connectivity index (χ1v) is 8.10. The highest BCUT2D eigenvalue weighted by atomic mass is 79.9. The van der Waals surface area contributed by atoms with E-state index in [0.29, 0.717) is 21.5 Å². The van der Waals surface area contributed by atoms with Crippen LogP contribution in [-0.2, 0) is 9.53 Å². The Morgan fingerprint density at radius 2 is 1.96 bits per heavy atom. The standard InChI is InChI=1S/C18H15BrN2O4/c1-11(17(22)21-16-6-4-3-5-12(16)10-20)25-18(23)14-9-13(24-2)7-8-15(14)19/h3-9,11H,1-2H3,(H,21,22)/t11-/m0/s1. The highest BCUT2D eigenvalue weighted by Crippen LogP contribution is 2.23. The van der Waals surface area contributed by atoms with Crippen LogP contribution in [0.25, 0.3) is 0 Å². The van der Waals surface area contributed by atoms with Gasteiger partial charge in [0, 0.05) is 4.47 Å². The second kappa shape index (κ2) is 8.31. The average molecular weight is 403 g/mol. The van der Waals surface area contributed by atoms with Crippen molar-refractivity contribution in [2.75, 3.05) is 12.4 Å². The van der Waals surface area contributed by atoms with E-state index in [1.165, 1.54) is 20.1 Å². The topological polar surface area (TPSA) is 88.4 Å². The zero-order valence-corrected chi connectivity index (χ0v) is 15.2. The Hall–Kier alpha value is -2.85. The summed E-state index contributed by atoms with van der Waals surface area (Å²) in [4.78, 5) is 24.5. The summed E-state index contributed by atoms with van der Waals surface area (Å²) in [5.41, 5.74) is 0.932. The zero-order chi connectivity index (χ0) is 18.4. The van der Waals surface area contributed by atoms with E-state index in [9.17, 15) is 9.59 Å². The molecule has 0 aliphatic carbocycles. The van der Waals surface area contributed by atoms with Crippen LogP contribution in [0.3, 0.4) is 0 Å². The van der Waals surface area contributed by atoms with E-state index in [0.717, 1.165) is 0 Å². The van der Waals surface area contributed by atoms with Gasteiger partial charge in [-0.15, -0.1) is 0 Å². The summed E-state index contributed by atoms with van der Waals surface area (Å²) in [5.74, 6) is -0.702. The maximum Gasteiger partial charge on any atom is 0.340 e. The third-order valence-corrected chi connectivity index (χ3v) is 4.04. The van der Waals surface area contributed by atoms with Crippen LogP contribution in [0.4, 0.5) is 5.69 Å². The number of hydrogen-bond donors (Lipinski definition) is 1. The summed E-state index contributed by atoms with van der Waals surface area (Å²) >= 11 is 3.27. The monoisotopic (exact) mass is 402 g/mol. The zero-order valence-electron chi connectivity index (χ0n) is 13.6. The molecule has 0 aliphatic rings. The molecule has 0 radical (unpaired) electrons. The van der Waals surface area contributed by atoms with E-state index in [2.05, 4.69) is 21.2 Å². The number of amides is 1. The lowest BCUT2D eigenvalue weighted by atomic mass is 10.2. The van der Waals surface area contributed by atoms with Gasteiger partial charge in [-0.3, -0.25) is 4.79 Å². The molecular formula is C18H15BrN2O4. The largest absolute Gasteiger partial charge is 0.497 e. The number of rotatable bonds is 5. The number of carbonyl (C=O) groups is 2. The van der Waals surface area contributed by atoms with Crippen molar-refractivity contribution in [3.05, 3.63) is 58.1 Å². The van der Waals surface area contributed by atoms with Gasteiger partial charge in [-0.25, -0.2) is 4.79 Å². The smallest absolute Gasteiger partial charge is 0.340 e. The maximum atomic E-state index is 12.3. The Bertz CT molecular complexity index is 845. The Balaban J connectivity index is 2.08. The predicted molar refractivity (Wildman–Crippen MR) is 95.4 cm³/mol. The van der Waals surface area contributed by atoms with E-state index in [1.807, 2.05) is 6.07 Å². The summed E-state index contributed by atoms with van der Waals surface area (Å²) in [6.07, 6.45) is -1.04. The lowest BCUT2D eigenvalue weighted by Gasteiger charge is -2.15. The van der Waals surface area contributed by atoms with Gasteiger partial charge in [0.1, 0.15) is 11.8 Å². The number of methoxy groups -OCH3 is 1. The van der Waals surface area contributed by atoms with Crippen molar-refractivity contribution in [2.24, 2.45) is 0 Å². The number of nitrogens with one attached hydrogen (secondary N) is 1. The normalized spacial score (nSPS) is 11.1. The van der Waals surface area contributed by atoms with Crippen molar-refractivity contribution in [3.8, 4) is 11.8 Å². The number of hydrogen-bond acceptors (Lipinski definition) is 5. The Morgan fingerprint density at radius 1 is 1.24 bits per heavy atom. The molecule has 2 aromatic carbocycles. The summed E-state index contributed by atoms with van der Waals surface area (Å²) in [5, 5.41) is 11.6. The lowest BCUT2D eigenvalue weighted by Crippen LogP contribution is -2.30. The molecule has 0 saturated carbocycles. The number of carbonyl (C=O) groups excluding carboxylic acids is 2. The molecule has 0 fully saturated rings. The molecule has 1 atom stereocenters. The number of ether oxygens (including phenoxy) is 2. The lowest BCUT2D eigenvalue weighted by molar-refractivity contribution is -0.123. The average Bonchev–Trinajstić information content (AvgIpc) is 2.62. The van der Waals surface area contributed by atoms with Crippen LogP contribution in [0.15, 0.2) is 46.9 Å². The van der Waals surface area contributed by atoms with Gasteiger partial charge >= 0.3 is 5.97 Å². The Morgan fingerprint density at radius 3 is 2.64 bits per heavy atom. The first kappa shape index (κ1) is 18.5. The molecule has 6 nitrogen and oxygen atoms in total. The van der Waals surface area contributed by atoms with Gasteiger partial charge < -0.3 is 14.8 Å². The molecule has 0 unspecified atom stereocenters. The highest BCUT2D eigenvalue weighted by Gasteiger charge is 2.21. The predicted octanol–water partition coefficient (Wildman–Crippen LogP) is 3.51. The van der Waals surface area contributed by atoms with Crippen molar-refractivity contribution in [1.29, 1.82) is 5.26 Å². The number of benzene rings is 2. The molecule has 1 N–H and O–H groups in total. The molecule has 0 aromatic heterocycles. The fraction of sp³-hybridized carbons (Fsp3) is 0.167. The van der Waals surface area contributed by atoms with E-state index in [-0.39, 0.29) is 5.56 Å². The van der Waals surface area contributed by atoms with Crippen molar-refractivity contribution < 1.29 is 19.1 Å². The minimum absolute atomic E-state index is 0.247. The third-order valence-electron chi connectivity index (χ3n) is 3.35. The molecule has 7 heteroatoms. The number of anilines is 1. The maximum absolute atomic E-state index is 12.3. The molecule has 0 bridgehead atoms. The van der Waals surface area contributed by atoms with E-state index < -0.39 is 18.0 Å². The number of nitrogens with zero attached hydrogens (tertiary/aromatic N) is 1. The first-order chi connectivity index (χ1) is 12.0. The minimum atomic E-state index is -1.04. The Labute approximate surface area is 153 Å². The molecule has 1 amide bonds. The first-order valence-electron chi connectivity index (χ1n) is 7.30. The highest BCUT2D eigenvalue weighted by molar-refractivity contribution is 9.10. The van der Waals surface area contributed by atoms with Gasteiger partial charge in [-0.2, -0.15) is 5.26 Å². The summed E-state index contributed by atoms with van der Waals surface area (Å²) < 4.78 is 10.8. The molecule has 25 heavy (non-hydrogen) atoms. The molecule has 0 saturated heterocycles. The fourth-order valence-electron chi connectivity index (χ4n) is 1.99. The van der Waals surface area contributed by atoms with Gasteiger partial charge in [0.25, 0.3) is 5.91 Å². The number of nitriles is 1. The summed E-state index contributed by atoms with van der Waals surface area (Å²) in [6.45, 7) is 1.45. The fourth-order valence-corrected chi connectivity index (χ4v) is 2.40. The van der Waals surface area contributed by atoms with Crippen LogP contribution < -0.4 is 10.1 Å². The van der Waals surface area contributed by atoms with E-state index in [4.69, 9.17) is 14.7 Å². The molecule has 0 spiro atoms. The van der Waals surface area contributed by atoms with Crippen molar-refractivity contribution in [1.82, 2.24) is 0 Å². The summed E-state index contributed by atoms with van der Waals surface area (Å²) in [7, 11) is 1.49. The van der Waals surface area contributed by atoms with E-state index in [1.54, 1.807) is 36.4 Å². The molecule has 2 aromatic rings. The van der Waals surface area contributed by atoms with Crippen LogP contribution in [0.1, 0.15) is 22.8 Å². The second-order valence-electron chi connectivity index (χ2n) is 5.04. The number of esters is 1. The van der Waals surface area contributed by atoms with Crippen molar-refractivity contribution in [2.45, 2.75) is 13.0 Å².